The fourth-order valence-corrected chi connectivity index (χ4v) is 2.91. The number of ketones is 1. The monoisotopic (exact) mass is 361 g/mol. The number of nitrogens with zero attached hydrogens (tertiary/aromatic N) is 3. The van der Waals surface area contributed by atoms with Crippen LogP contribution in [0.1, 0.15) is 38.8 Å². The van der Waals surface area contributed by atoms with E-state index >= 15 is 0 Å². The largest absolute Gasteiger partial charge is 0.352 e. The molecule has 136 valence electrons. The Balaban J connectivity index is 2.06. The second-order valence-electron chi connectivity index (χ2n) is 6.21. The number of hydrogen-bond donors (Lipinski definition) is 2. The molecule has 0 unspecified atom stereocenters. The number of fused-ring (bicyclic) bond motifs is 1. The van der Waals surface area contributed by atoms with Gasteiger partial charge in [-0.25, -0.2) is 9.50 Å². The van der Waals surface area contributed by atoms with E-state index in [0.717, 1.165) is 16.8 Å². The lowest BCUT2D eigenvalue weighted by Gasteiger charge is -2.12. The van der Waals surface area contributed by atoms with E-state index in [1.807, 2.05) is 26.8 Å². The topological polar surface area (TPSA) is 88.4 Å². The number of Topliss-reactive ketones (excluding diaryl/α,β-unsaturated/α-hetero) is 1. The number of benzene rings is 1. The van der Waals surface area contributed by atoms with Crippen LogP contribution in [-0.4, -0.2) is 40.7 Å². The molecule has 27 heavy (non-hydrogen) atoms. The fourth-order valence-electron chi connectivity index (χ4n) is 2.91. The average molecular weight is 361 g/mol. The van der Waals surface area contributed by atoms with Gasteiger partial charge in [-0.3, -0.25) is 9.59 Å². The summed E-state index contributed by atoms with van der Waals surface area (Å²) in [4.78, 5) is 28.5. The minimum absolute atomic E-state index is 0.0477. The van der Waals surface area contributed by atoms with Gasteiger partial charge in [0.2, 0.25) is 0 Å². The molecular weight excluding hydrogens is 341 g/mol. The van der Waals surface area contributed by atoms with Gasteiger partial charge in [-0.2, -0.15) is 5.10 Å². The number of aryl methyl sites for hydroxylation is 2. The maximum Gasteiger partial charge on any atom is 0.253 e. The van der Waals surface area contributed by atoms with E-state index in [2.05, 4.69) is 20.7 Å². The van der Waals surface area contributed by atoms with Crippen LogP contribution in [0.25, 0.3) is 5.52 Å². The van der Waals surface area contributed by atoms with Crippen LogP contribution in [-0.2, 0) is 0 Å². The quantitative estimate of drug-likeness (QED) is 0.521. The average Bonchev–Trinajstić information content (AvgIpc) is 3.01. The summed E-state index contributed by atoms with van der Waals surface area (Å²) < 4.78 is 1.62. The Morgan fingerprint density at radius 3 is 2.74 bits per heavy atom. The molecule has 2 radical (unpaired) electrons. The Morgan fingerprint density at radius 1 is 1.26 bits per heavy atom. The second kappa shape index (κ2) is 7.61. The highest BCUT2D eigenvalue weighted by molar-refractivity contribution is 6.24. The number of anilines is 2. The van der Waals surface area contributed by atoms with Crippen LogP contribution >= 0.6 is 0 Å². The SMILES string of the molecule is [B]CC(=O)c1ccc(C)c(Nc2ncnn3cc(C(=O)NCC)c(C)c23)c1. The summed E-state index contributed by atoms with van der Waals surface area (Å²) in [5, 5.41) is 10.3. The lowest BCUT2D eigenvalue weighted by Crippen LogP contribution is -2.22. The van der Waals surface area contributed by atoms with Crippen LogP contribution in [0, 0.1) is 13.8 Å². The Hall–Kier alpha value is -3.16. The molecule has 3 rings (SSSR count). The van der Waals surface area contributed by atoms with Gasteiger partial charge >= 0.3 is 0 Å². The predicted octanol–water partition coefficient (Wildman–Crippen LogP) is 2.61. The molecular formula is C19H20BN5O2. The molecule has 3 aromatic rings. The third-order valence-electron chi connectivity index (χ3n) is 4.41. The van der Waals surface area contributed by atoms with Crippen LogP contribution < -0.4 is 10.6 Å². The summed E-state index contributed by atoms with van der Waals surface area (Å²) in [5.41, 5.74) is 4.25. The molecule has 0 aliphatic carbocycles. The van der Waals surface area contributed by atoms with Crippen molar-refractivity contribution < 1.29 is 9.59 Å². The molecule has 0 bridgehead atoms. The number of hydrogen-bond acceptors (Lipinski definition) is 5. The molecule has 0 aliphatic heterocycles. The van der Waals surface area contributed by atoms with Crippen LogP contribution in [0.15, 0.2) is 30.7 Å². The Bertz CT molecular complexity index is 1030. The first-order valence-corrected chi connectivity index (χ1v) is 8.68. The molecule has 0 fully saturated rings. The van der Waals surface area contributed by atoms with Gasteiger partial charge in [0.05, 0.1) is 13.4 Å². The van der Waals surface area contributed by atoms with E-state index < -0.39 is 0 Å². The van der Waals surface area contributed by atoms with Crippen molar-refractivity contribution in [2.24, 2.45) is 0 Å². The maximum atomic E-state index is 12.3. The summed E-state index contributed by atoms with van der Waals surface area (Å²) in [6.45, 7) is 6.20. The van der Waals surface area contributed by atoms with Gasteiger partial charge in [0.1, 0.15) is 11.8 Å². The number of aromatic nitrogens is 3. The van der Waals surface area contributed by atoms with Gasteiger partial charge < -0.3 is 10.6 Å². The molecule has 2 heterocycles. The van der Waals surface area contributed by atoms with E-state index in [4.69, 9.17) is 7.85 Å². The number of amides is 1. The molecule has 0 atom stereocenters. The van der Waals surface area contributed by atoms with Gasteiger partial charge in [0.15, 0.2) is 11.6 Å². The summed E-state index contributed by atoms with van der Waals surface area (Å²) in [6, 6.07) is 5.36. The van der Waals surface area contributed by atoms with E-state index in [1.165, 1.54) is 6.33 Å². The van der Waals surface area contributed by atoms with Crippen molar-refractivity contribution in [3.63, 3.8) is 0 Å². The van der Waals surface area contributed by atoms with E-state index in [1.54, 1.807) is 22.8 Å². The summed E-state index contributed by atoms with van der Waals surface area (Å²) >= 11 is 0. The zero-order valence-corrected chi connectivity index (χ0v) is 15.5. The molecule has 0 spiro atoms. The van der Waals surface area contributed by atoms with Gasteiger partial charge in [0.25, 0.3) is 5.91 Å². The van der Waals surface area contributed by atoms with Gasteiger partial charge in [0, 0.05) is 24.0 Å². The first-order chi connectivity index (χ1) is 13.0. The van der Waals surface area contributed by atoms with Crippen molar-refractivity contribution in [1.82, 2.24) is 19.9 Å². The molecule has 1 amide bonds. The van der Waals surface area contributed by atoms with Gasteiger partial charge in [-0.05, 0) is 44.3 Å². The van der Waals surface area contributed by atoms with Crippen molar-refractivity contribution in [3.8, 4) is 0 Å². The highest BCUT2D eigenvalue weighted by atomic mass is 16.1. The number of rotatable bonds is 6. The summed E-state index contributed by atoms with van der Waals surface area (Å²) in [6.07, 6.45) is 3.05. The standard InChI is InChI=1S/C19H20BN5O2/c1-4-21-19(27)14-9-25-17(12(14)3)18(22-10-23-25)24-15-7-13(16(26)8-20)6-5-11(15)2/h5-7,9-10H,4,8H2,1-3H3,(H,21,27)(H,22,23,24). The van der Waals surface area contributed by atoms with Crippen molar-refractivity contribution in [1.29, 1.82) is 0 Å². The lowest BCUT2D eigenvalue weighted by atomic mass is 9.95. The van der Waals surface area contributed by atoms with Gasteiger partial charge in [-0.1, -0.05) is 12.1 Å². The third kappa shape index (κ3) is 3.55. The molecule has 0 aliphatic rings. The Morgan fingerprint density at radius 2 is 2.04 bits per heavy atom. The zero-order valence-electron chi connectivity index (χ0n) is 15.5. The first-order valence-electron chi connectivity index (χ1n) is 8.68. The Kier molecular flexibility index (Phi) is 5.25. The summed E-state index contributed by atoms with van der Waals surface area (Å²) in [7, 11) is 5.46. The third-order valence-corrected chi connectivity index (χ3v) is 4.41. The predicted molar refractivity (Wildman–Crippen MR) is 105 cm³/mol. The Labute approximate surface area is 158 Å². The van der Waals surface area contributed by atoms with Gasteiger partial charge in [-0.15, -0.1) is 0 Å². The molecule has 8 heteroatoms. The zero-order chi connectivity index (χ0) is 19.6. The minimum atomic E-state index is -0.154. The first kappa shape index (κ1) is 18.6. The van der Waals surface area contributed by atoms with Crippen LogP contribution in [0.5, 0.6) is 0 Å². The normalized spacial score (nSPS) is 10.8. The number of carbonyl (C=O) groups excluding carboxylic acids is 2. The van der Waals surface area contributed by atoms with Crippen molar-refractivity contribution in [2.75, 3.05) is 11.9 Å². The number of nitrogens with one attached hydrogen (secondary N) is 2. The van der Waals surface area contributed by atoms with Crippen molar-refractivity contribution in [3.05, 3.63) is 53.0 Å². The van der Waals surface area contributed by atoms with Crippen molar-refractivity contribution >= 4 is 36.6 Å². The highest BCUT2D eigenvalue weighted by Gasteiger charge is 2.18. The molecule has 7 nitrogen and oxygen atoms in total. The molecule has 0 saturated heterocycles. The molecule has 2 N–H and O–H groups in total. The van der Waals surface area contributed by atoms with E-state index in [0.29, 0.717) is 29.0 Å². The molecule has 2 aromatic heterocycles. The smallest absolute Gasteiger partial charge is 0.253 e. The minimum Gasteiger partial charge on any atom is -0.352 e. The highest BCUT2D eigenvalue weighted by Crippen LogP contribution is 2.27. The van der Waals surface area contributed by atoms with Crippen LogP contribution in [0.3, 0.4) is 0 Å². The fraction of sp³-hybridized carbons (Fsp3) is 0.263. The van der Waals surface area contributed by atoms with Crippen LogP contribution in [0.2, 0.25) is 6.32 Å². The molecule has 0 saturated carbocycles. The van der Waals surface area contributed by atoms with E-state index in [9.17, 15) is 9.59 Å². The van der Waals surface area contributed by atoms with Crippen LogP contribution in [0.4, 0.5) is 11.5 Å². The summed E-state index contributed by atoms with van der Waals surface area (Å²) in [5.74, 6) is 0.264. The maximum absolute atomic E-state index is 12.3. The second-order valence-corrected chi connectivity index (χ2v) is 6.21. The lowest BCUT2D eigenvalue weighted by molar-refractivity contribution is 0.0954. The van der Waals surface area contributed by atoms with E-state index in [-0.39, 0.29) is 18.0 Å². The number of carbonyl (C=O) groups is 2. The molecule has 1 aromatic carbocycles. The van der Waals surface area contributed by atoms with Crippen molar-refractivity contribution in [2.45, 2.75) is 27.1 Å².